The molecule has 1 aromatic heterocycles. The number of thiazole rings is 1. The third kappa shape index (κ3) is 4.19. The molecule has 0 fully saturated rings. The lowest BCUT2D eigenvalue weighted by Crippen LogP contribution is -2.12. The molecule has 3 rings (SSSR count). The number of methoxy groups -OCH3 is 3. The van der Waals surface area contributed by atoms with Crippen LogP contribution in [0.5, 0.6) is 17.2 Å². The molecular weight excluding hydrogens is 388 g/mol. The van der Waals surface area contributed by atoms with Crippen molar-refractivity contribution < 1.29 is 19.0 Å². The molecule has 2 aromatic carbocycles. The minimum atomic E-state index is -0.303. The van der Waals surface area contributed by atoms with Crippen LogP contribution in [0.1, 0.15) is 27.0 Å². The van der Waals surface area contributed by atoms with Crippen LogP contribution in [-0.2, 0) is 0 Å². The number of anilines is 1. The number of rotatable bonds is 6. The van der Waals surface area contributed by atoms with E-state index < -0.39 is 0 Å². The molecule has 0 aliphatic heterocycles. The number of aryl methyl sites for hydroxylation is 3. The number of nitrogens with zero attached hydrogens (tertiary/aromatic N) is 1. The van der Waals surface area contributed by atoms with Crippen molar-refractivity contribution in [3.63, 3.8) is 0 Å². The number of hydrogen-bond acceptors (Lipinski definition) is 6. The van der Waals surface area contributed by atoms with Gasteiger partial charge in [0.2, 0.25) is 5.75 Å². The van der Waals surface area contributed by atoms with Crippen molar-refractivity contribution in [2.24, 2.45) is 0 Å². The topological polar surface area (TPSA) is 69.7 Å². The molecule has 1 N–H and O–H groups in total. The van der Waals surface area contributed by atoms with Gasteiger partial charge in [0.05, 0.1) is 27.0 Å². The summed E-state index contributed by atoms with van der Waals surface area (Å²) in [6.07, 6.45) is 0. The molecule has 0 spiro atoms. The van der Waals surface area contributed by atoms with Crippen molar-refractivity contribution in [3.8, 4) is 28.5 Å². The lowest BCUT2D eigenvalue weighted by atomic mass is 9.98. The Morgan fingerprint density at radius 3 is 2.03 bits per heavy atom. The summed E-state index contributed by atoms with van der Waals surface area (Å²) in [5.41, 5.74) is 5.88. The van der Waals surface area contributed by atoms with Gasteiger partial charge in [0.25, 0.3) is 5.91 Å². The molecule has 7 heteroatoms. The highest BCUT2D eigenvalue weighted by molar-refractivity contribution is 7.14. The van der Waals surface area contributed by atoms with E-state index in [1.165, 1.54) is 38.2 Å². The normalized spacial score (nSPS) is 10.6. The second-order valence-corrected chi connectivity index (χ2v) is 7.54. The first-order valence-corrected chi connectivity index (χ1v) is 9.91. The quantitative estimate of drug-likeness (QED) is 0.616. The Bertz CT molecular complexity index is 1010. The zero-order valence-corrected chi connectivity index (χ0v) is 18.2. The second-order valence-electron chi connectivity index (χ2n) is 6.68. The molecule has 29 heavy (non-hydrogen) atoms. The van der Waals surface area contributed by atoms with Crippen LogP contribution in [0.3, 0.4) is 0 Å². The molecule has 0 saturated carbocycles. The van der Waals surface area contributed by atoms with Crippen LogP contribution in [-0.4, -0.2) is 32.2 Å². The fourth-order valence-corrected chi connectivity index (χ4v) is 4.11. The summed E-state index contributed by atoms with van der Waals surface area (Å²) in [7, 11) is 4.54. The molecule has 1 amide bonds. The lowest BCUT2D eigenvalue weighted by Gasteiger charge is -2.13. The van der Waals surface area contributed by atoms with E-state index in [9.17, 15) is 4.79 Å². The maximum atomic E-state index is 12.8. The predicted octanol–water partition coefficient (Wildman–Crippen LogP) is 5.01. The van der Waals surface area contributed by atoms with Gasteiger partial charge < -0.3 is 14.2 Å². The number of amides is 1. The van der Waals surface area contributed by atoms with Crippen LogP contribution < -0.4 is 19.5 Å². The van der Waals surface area contributed by atoms with Gasteiger partial charge in [-0.25, -0.2) is 4.98 Å². The van der Waals surface area contributed by atoms with Crippen LogP contribution in [0.25, 0.3) is 11.3 Å². The minimum absolute atomic E-state index is 0.303. The smallest absolute Gasteiger partial charge is 0.257 e. The molecule has 0 aliphatic carbocycles. The maximum Gasteiger partial charge on any atom is 0.257 e. The van der Waals surface area contributed by atoms with E-state index in [0.717, 1.165) is 22.4 Å². The Morgan fingerprint density at radius 2 is 1.52 bits per heavy atom. The third-order valence-electron chi connectivity index (χ3n) is 4.58. The standard InChI is InChI=1S/C22H24N2O4S/c1-12-7-13(2)19(14(3)8-12)16-11-29-22(23-16)24-21(25)15-9-17(26-4)20(28-6)18(10-15)27-5/h7-11H,1-6H3,(H,23,24,25). The summed E-state index contributed by atoms with van der Waals surface area (Å²) < 4.78 is 15.9. The summed E-state index contributed by atoms with van der Waals surface area (Å²) >= 11 is 1.39. The predicted molar refractivity (Wildman–Crippen MR) is 116 cm³/mol. The highest BCUT2D eigenvalue weighted by atomic mass is 32.1. The van der Waals surface area contributed by atoms with Crippen molar-refractivity contribution >= 4 is 22.4 Å². The van der Waals surface area contributed by atoms with Crippen LogP contribution in [0.15, 0.2) is 29.6 Å². The first-order chi connectivity index (χ1) is 13.9. The highest BCUT2D eigenvalue weighted by Crippen LogP contribution is 2.38. The Morgan fingerprint density at radius 1 is 0.931 bits per heavy atom. The lowest BCUT2D eigenvalue weighted by molar-refractivity contribution is 0.102. The van der Waals surface area contributed by atoms with E-state index in [2.05, 4.69) is 43.2 Å². The number of nitrogens with one attached hydrogen (secondary N) is 1. The molecule has 0 aliphatic rings. The number of hydrogen-bond donors (Lipinski definition) is 1. The van der Waals surface area contributed by atoms with E-state index in [0.29, 0.717) is 27.9 Å². The van der Waals surface area contributed by atoms with E-state index >= 15 is 0 Å². The van der Waals surface area contributed by atoms with Gasteiger partial charge in [-0.15, -0.1) is 11.3 Å². The SMILES string of the molecule is COc1cc(C(=O)Nc2nc(-c3c(C)cc(C)cc3C)cs2)cc(OC)c1OC. The molecule has 152 valence electrons. The second kappa shape index (κ2) is 8.53. The highest BCUT2D eigenvalue weighted by Gasteiger charge is 2.18. The summed E-state index contributed by atoms with van der Waals surface area (Å²) in [6.45, 7) is 6.22. The molecule has 3 aromatic rings. The van der Waals surface area contributed by atoms with Crippen molar-refractivity contribution in [1.82, 2.24) is 4.98 Å². The van der Waals surface area contributed by atoms with E-state index in [1.54, 1.807) is 12.1 Å². The molecule has 0 bridgehead atoms. The van der Waals surface area contributed by atoms with Crippen molar-refractivity contribution in [1.29, 1.82) is 0 Å². The Balaban J connectivity index is 1.88. The van der Waals surface area contributed by atoms with Gasteiger partial charge in [-0.1, -0.05) is 17.7 Å². The molecule has 0 atom stereocenters. The van der Waals surface area contributed by atoms with Crippen LogP contribution in [0, 0.1) is 20.8 Å². The monoisotopic (exact) mass is 412 g/mol. The Labute approximate surface area is 174 Å². The van der Waals surface area contributed by atoms with E-state index in [-0.39, 0.29) is 5.91 Å². The number of ether oxygens (including phenoxy) is 3. The summed E-state index contributed by atoms with van der Waals surface area (Å²) in [5, 5.41) is 5.34. The number of aromatic nitrogens is 1. The van der Waals surface area contributed by atoms with Crippen molar-refractivity contribution in [3.05, 3.63) is 51.9 Å². The molecular formula is C22H24N2O4S. The van der Waals surface area contributed by atoms with Crippen molar-refractivity contribution in [2.75, 3.05) is 26.6 Å². The van der Waals surface area contributed by atoms with Gasteiger partial charge in [-0.2, -0.15) is 0 Å². The van der Waals surface area contributed by atoms with Gasteiger partial charge in [-0.3, -0.25) is 10.1 Å². The van der Waals surface area contributed by atoms with Crippen LogP contribution in [0.4, 0.5) is 5.13 Å². The number of benzene rings is 2. The molecule has 6 nitrogen and oxygen atoms in total. The Hall–Kier alpha value is -3.06. The molecule has 1 heterocycles. The first kappa shape index (κ1) is 20.7. The van der Waals surface area contributed by atoms with Gasteiger partial charge in [0.1, 0.15) is 0 Å². The minimum Gasteiger partial charge on any atom is -0.493 e. The maximum absolute atomic E-state index is 12.8. The zero-order valence-electron chi connectivity index (χ0n) is 17.4. The number of carbonyl (C=O) groups excluding carboxylic acids is 1. The first-order valence-electron chi connectivity index (χ1n) is 9.03. The number of carbonyl (C=O) groups is 1. The molecule has 0 saturated heterocycles. The molecule has 0 radical (unpaired) electrons. The summed E-state index contributed by atoms with van der Waals surface area (Å²) in [6, 6.07) is 7.49. The van der Waals surface area contributed by atoms with Crippen molar-refractivity contribution in [2.45, 2.75) is 20.8 Å². The molecule has 0 unspecified atom stereocenters. The average Bonchev–Trinajstić information content (AvgIpc) is 3.13. The van der Waals surface area contributed by atoms with Crippen LogP contribution in [0.2, 0.25) is 0 Å². The fraction of sp³-hybridized carbons (Fsp3) is 0.273. The Kier molecular flexibility index (Phi) is 6.08. The largest absolute Gasteiger partial charge is 0.493 e. The van der Waals surface area contributed by atoms with Gasteiger partial charge >= 0.3 is 0 Å². The van der Waals surface area contributed by atoms with E-state index in [1.807, 2.05) is 5.38 Å². The van der Waals surface area contributed by atoms with Gasteiger partial charge in [0, 0.05) is 16.5 Å². The third-order valence-corrected chi connectivity index (χ3v) is 5.34. The van der Waals surface area contributed by atoms with Gasteiger partial charge in [-0.05, 0) is 44.0 Å². The zero-order chi connectivity index (χ0) is 21.1. The van der Waals surface area contributed by atoms with Crippen LogP contribution >= 0.6 is 11.3 Å². The van der Waals surface area contributed by atoms with Gasteiger partial charge in [0.15, 0.2) is 16.6 Å². The average molecular weight is 413 g/mol. The summed E-state index contributed by atoms with van der Waals surface area (Å²) in [4.78, 5) is 17.4. The fourth-order valence-electron chi connectivity index (χ4n) is 3.41. The summed E-state index contributed by atoms with van der Waals surface area (Å²) in [5.74, 6) is 0.973. The van der Waals surface area contributed by atoms with E-state index in [4.69, 9.17) is 14.2 Å².